The maximum absolute atomic E-state index is 12.2. The summed E-state index contributed by atoms with van der Waals surface area (Å²) in [5.74, 6) is -0.311. The van der Waals surface area contributed by atoms with Crippen molar-refractivity contribution in [3.05, 3.63) is 35.0 Å². The number of ether oxygens (including phenoxy) is 1. The molecule has 0 aliphatic carbocycles. The molecule has 0 bridgehead atoms. The zero-order chi connectivity index (χ0) is 18.7. The summed E-state index contributed by atoms with van der Waals surface area (Å²) < 4.78 is 5.12. The number of carbonyl (C=O) groups is 3. The van der Waals surface area contributed by atoms with Crippen molar-refractivity contribution in [1.82, 2.24) is 9.88 Å². The second-order valence-electron chi connectivity index (χ2n) is 5.97. The third kappa shape index (κ3) is 3.61. The second-order valence-corrected chi connectivity index (χ2v) is 6.89. The first-order chi connectivity index (χ1) is 12.5. The van der Waals surface area contributed by atoms with Crippen LogP contribution < -0.4 is 5.73 Å². The molecule has 2 amide bonds. The summed E-state index contributed by atoms with van der Waals surface area (Å²) in [4.78, 5) is 40.0. The summed E-state index contributed by atoms with van der Waals surface area (Å²) in [6, 6.07) is 5.81. The number of aromatic amines is 1. The molecule has 1 aromatic carbocycles. The normalized spacial score (nSPS) is 14.5. The first-order valence-electron chi connectivity index (χ1n) is 8.53. The molecule has 2 heterocycles. The van der Waals surface area contributed by atoms with Gasteiger partial charge >= 0.3 is 5.97 Å². The molecular formula is C18H21N3O4S. The summed E-state index contributed by atoms with van der Waals surface area (Å²) in [5, 5.41) is 0.732. The Bertz CT molecular complexity index is 845. The highest BCUT2D eigenvalue weighted by Gasteiger charge is 2.29. The molecule has 2 aromatic rings. The molecule has 0 saturated carbocycles. The number of rotatable bonds is 7. The molecule has 7 nitrogen and oxygen atoms in total. The van der Waals surface area contributed by atoms with E-state index in [1.165, 1.54) is 4.90 Å². The number of benzene rings is 1. The summed E-state index contributed by atoms with van der Waals surface area (Å²) in [7, 11) is 0. The number of nitrogens with one attached hydrogen (secondary N) is 1. The van der Waals surface area contributed by atoms with Gasteiger partial charge in [-0.05, 0) is 49.6 Å². The van der Waals surface area contributed by atoms with E-state index in [4.69, 9.17) is 10.5 Å². The number of imide groups is 1. The summed E-state index contributed by atoms with van der Waals surface area (Å²) in [6.45, 7) is 2.84. The van der Waals surface area contributed by atoms with E-state index in [0.29, 0.717) is 38.2 Å². The number of hydrogen-bond acceptors (Lipinski definition) is 6. The molecule has 26 heavy (non-hydrogen) atoms. The molecular weight excluding hydrogens is 354 g/mol. The van der Waals surface area contributed by atoms with Gasteiger partial charge in [0.1, 0.15) is 5.69 Å². The van der Waals surface area contributed by atoms with Crippen molar-refractivity contribution in [1.29, 1.82) is 0 Å². The standard InChI is InChI=1S/C18H21N3O4S/c1-2-25-17(23)16-12(5-7-19)13-9-11(3-4-14(13)20-16)6-8-21-15(22)10-26-18(21)24/h3-4,9,20H,2,5-8,10,19H2,1H3. The van der Waals surface area contributed by atoms with Crippen molar-refractivity contribution >= 4 is 39.8 Å². The largest absolute Gasteiger partial charge is 0.461 e. The Morgan fingerprint density at radius 2 is 2.15 bits per heavy atom. The van der Waals surface area contributed by atoms with E-state index in [-0.39, 0.29) is 22.9 Å². The molecule has 3 N–H and O–H groups in total. The van der Waals surface area contributed by atoms with Gasteiger partial charge in [-0.1, -0.05) is 17.8 Å². The molecule has 1 aromatic heterocycles. The highest BCUT2D eigenvalue weighted by molar-refractivity contribution is 8.14. The van der Waals surface area contributed by atoms with Crippen LogP contribution in [0.5, 0.6) is 0 Å². The van der Waals surface area contributed by atoms with Crippen LogP contribution in [-0.4, -0.2) is 52.4 Å². The van der Waals surface area contributed by atoms with Gasteiger partial charge in [0, 0.05) is 17.4 Å². The Kier molecular flexibility index (Phi) is 5.63. The number of nitrogens with zero attached hydrogens (tertiary/aromatic N) is 1. The highest BCUT2D eigenvalue weighted by atomic mass is 32.2. The number of amides is 2. The Morgan fingerprint density at radius 1 is 1.35 bits per heavy atom. The number of fused-ring (bicyclic) bond motifs is 1. The van der Waals surface area contributed by atoms with Gasteiger partial charge in [-0.2, -0.15) is 0 Å². The first kappa shape index (κ1) is 18.5. The van der Waals surface area contributed by atoms with Gasteiger partial charge in [0.15, 0.2) is 0 Å². The van der Waals surface area contributed by atoms with Crippen LogP contribution in [0.1, 0.15) is 28.5 Å². The van der Waals surface area contributed by atoms with Crippen LogP contribution in [0.3, 0.4) is 0 Å². The van der Waals surface area contributed by atoms with Crippen LogP contribution in [0.25, 0.3) is 10.9 Å². The summed E-state index contributed by atoms with van der Waals surface area (Å²) in [5.41, 5.74) is 8.81. The minimum absolute atomic E-state index is 0.142. The molecule has 0 spiro atoms. The van der Waals surface area contributed by atoms with E-state index >= 15 is 0 Å². The fraction of sp³-hybridized carbons (Fsp3) is 0.389. The van der Waals surface area contributed by atoms with Crippen molar-refractivity contribution < 1.29 is 19.1 Å². The van der Waals surface area contributed by atoms with Crippen LogP contribution in [0.4, 0.5) is 4.79 Å². The lowest BCUT2D eigenvalue weighted by Gasteiger charge is -2.12. The predicted octanol–water partition coefficient (Wildman–Crippen LogP) is 2.08. The van der Waals surface area contributed by atoms with Gasteiger partial charge in [-0.3, -0.25) is 14.5 Å². The number of H-pyrrole nitrogens is 1. The van der Waals surface area contributed by atoms with E-state index in [2.05, 4.69) is 4.98 Å². The van der Waals surface area contributed by atoms with Crippen molar-refractivity contribution in [2.45, 2.75) is 19.8 Å². The van der Waals surface area contributed by atoms with Gasteiger partial charge in [-0.15, -0.1) is 0 Å². The van der Waals surface area contributed by atoms with E-state index in [9.17, 15) is 14.4 Å². The molecule has 0 unspecified atom stereocenters. The van der Waals surface area contributed by atoms with Crippen molar-refractivity contribution in [3.8, 4) is 0 Å². The lowest BCUT2D eigenvalue weighted by molar-refractivity contribution is -0.124. The van der Waals surface area contributed by atoms with Gasteiger partial charge < -0.3 is 15.5 Å². The SMILES string of the molecule is CCOC(=O)c1[nH]c2ccc(CCN3C(=O)CSC3=O)cc2c1CCN. The van der Waals surface area contributed by atoms with Crippen LogP contribution >= 0.6 is 11.8 Å². The Hall–Kier alpha value is -2.32. The number of carbonyl (C=O) groups excluding carboxylic acids is 3. The number of esters is 1. The summed E-state index contributed by atoms with van der Waals surface area (Å²) >= 11 is 1.04. The van der Waals surface area contributed by atoms with Crippen molar-refractivity contribution in [2.24, 2.45) is 5.73 Å². The molecule has 1 aliphatic heterocycles. The molecule has 3 rings (SSSR count). The second kappa shape index (κ2) is 7.92. The summed E-state index contributed by atoms with van der Waals surface area (Å²) in [6.07, 6.45) is 1.12. The van der Waals surface area contributed by atoms with Crippen LogP contribution in [0.15, 0.2) is 18.2 Å². The molecule has 8 heteroatoms. The monoisotopic (exact) mass is 375 g/mol. The number of thioether (sulfide) groups is 1. The maximum Gasteiger partial charge on any atom is 0.355 e. The zero-order valence-electron chi connectivity index (χ0n) is 14.5. The average Bonchev–Trinajstić information content (AvgIpc) is 3.14. The van der Waals surface area contributed by atoms with Gasteiger partial charge in [0.25, 0.3) is 5.24 Å². The fourth-order valence-corrected chi connectivity index (χ4v) is 3.82. The van der Waals surface area contributed by atoms with E-state index in [1.54, 1.807) is 6.92 Å². The van der Waals surface area contributed by atoms with E-state index < -0.39 is 0 Å². The number of nitrogens with two attached hydrogens (primary N) is 1. The number of hydrogen-bond donors (Lipinski definition) is 2. The van der Waals surface area contributed by atoms with Crippen LogP contribution in [-0.2, 0) is 22.4 Å². The Morgan fingerprint density at radius 3 is 2.81 bits per heavy atom. The third-order valence-corrected chi connectivity index (χ3v) is 5.17. The molecule has 0 atom stereocenters. The van der Waals surface area contributed by atoms with Crippen molar-refractivity contribution in [3.63, 3.8) is 0 Å². The molecule has 1 aliphatic rings. The number of aromatic nitrogens is 1. The zero-order valence-corrected chi connectivity index (χ0v) is 15.4. The highest BCUT2D eigenvalue weighted by Crippen LogP contribution is 2.26. The topological polar surface area (TPSA) is 105 Å². The van der Waals surface area contributed by atoms with Crippen LogP contribution in [0, 0.1) is 0 Å². The quantitative estimate of drug-likeness (QED) is 0.718. The van der Waals surface area contributed by atoms with Crippen molar-refractivity contribution in [2.75, 3.05) is 25.4 Å². The van der Waals surface area contributed by atoms with Gasteiger partial charge in [0.05, 0.1) is 12.4 Å². The van der Waals surface area contributed by atoms with Crippen LogP contribution in [0.2, 0.25) is 0 Å². The molecule has 1 fully saturated rings. The lowest BCUT2D eigenvalue weighted by atomic mass is 10.0. The Labute approximate surface area is 155 Å². The molecule has 138 valence electrons. The lowest BCUT2D eigenvalue weighted by Crippen LogP contribution is -2.30. The Balaban J connectivity index is 1.87. The maximum atomic E-state index is 12.2. The van der Waals surface area contributed by atoms with Gasteiger partial charge in [-0.25, -0.2) is 4.79 Å². The van der Waals surface area contributed by atoms with Gasteiger partial charge in [0.2, 0.25) is 5.91 Å². The fourth-order valence-electron chi connectivity index (χ4n) is 3.07. The van der Waals surface area contributed by atoms with E-state index in [1.807, 2.05) is 18.2 Å². The minimum atomic E-state index is -0.390. The average molecular weight is 375 g/mol. The molecule has 0 radical (unpaired) electrons. The predicted molar refractivity (Wildman–Crippen MR) is 100 cm³/mol. The first-order valence-corrected chi connectivity index (χ1v) is 9.51. The molecule has 1 saturated heterocycles. The van der Waals surface area contributed by atoms with E-state index in [0.717, 1.165) is 33.8 Å². The smallest absolute Gasteiger partial charge is 0.355 e. The minimum Gasteiger partial charge on any atom is -0.461 e. The third-order valence-electron chi connectivity index (χ3n) is 4.31.